The van der Waals surface area contributed by atoms with E-state index in [9.17, 15) is 26.4 Å². The van der Waals surface area contributed by atoms with Crippen LogP contribution in [0.4, 0.5) is 0 Å². The van der Waals surface area contributed by atoms with Crippen molar-refractivity contribution in [1.29, 1.82) is 0 Å². The lowest BCUT2D eigenvalue weighted by molar-refractivity contribution is -0.145. The zero-order valence-electron chi connectivity index (χ0n) is 32.5. The highest BCUT2D eigenvalue weighted by molar-refractivity contribution is 9.09. The maximum Gasteiger partial charge on any atom is 0.328 e. The van der Waals surface area contributed by atoms with Crippen LogP contribution in [0.2, 0.25) is 0 Å². The molecule has 2 aromatic rings. The van der Waals surface area contributed by atoms with Crippen molar-refractivity contribution in [2.24, 2.45) is 0 Å². The third kappa shape index (κ3) is 16.5. The fourth-order valence-corrected chi connectivity index (χ4v) is 10.8. The zero-order valence-corrected chi connectivity index (χ0v) is 37.3. The van der Waals surface area contributed by atoms with E-state index in [4.69, 9.17) is 18.9 Å². The van der Waals surface area contributed by atoms with Crippen LogP contribution in [0.5, 0.6) is 0 Å². The van der Waals surface area contributed by atoms with E-state index in [-0.39, 0.29) is 19.6 Å². The first kappa shape index (κ1) is 51.2. The van der Waals surface area contributed by atoms with Crippen LogP contribution in [0, 0.1) is 0 Å². The van der Waals surface area contributed by atoms with Crippen molar-refractivity contribution in [2.75, 3.05) is 70.0 Å². The van der Waals surface area contributed by atoms with Crippen LogP contribution in [0.15, 0.2) is 60.7 Å². The van der Waals surface area contributed by atoms with Crippen molar-refractivity contribution in [3.63, 3.8) is 0 Å². The summed E-state index contributed by atoms with van der Waals surface area (Å²) in [6.07, 6.45) is 5.79. The maximum atomic E-state index is 13.3. The number of hydrogen-bond acceptors (Lipinski definition) is 11. The number of ether oxygens (including phenoxy) is 5. The molecule has 5 rings (SSSR count). The molecule has 0 unspecified atom stereocenters. The molecule has 13 nitrogen and oxygen atoms in total. The van der Waals surface area contributed by atoms with Crippen LogP contribution in [-0.2, 0) is 66.5 Å². The number of nitrogens with zero attached hydrogens (tertiary/aromatic N) is 2. The highest BCUT2D eigenvalue weighted by atomic mass is 79.9. The number of carbonyl (C=O) groups excluding carboxylic acids is 2. The van der Waals surface area contributed by atoms with Crippen LogP contribution in [-0.4, -0.2) is 124 Å². The minimum absolute atomic E-state index is 0. The largest absolute Gasteiger partial charge is 0.468 e. The molecule has 0 spiro atoms. The second kappa shape index (κ2) is 27.0. The highest BCUT2D eigenvalue weighted by Crippen LogP contribution is 2.39. The number of hydrogen-bond donors (Lipinski definition) is 0. The molecule has 3 fully saturated rings. The Labute approximate surface area is 357 Å². The van der Waals surface area contributed by atoms with Crippen LogP contribution in [0.1, 0.15) is 76.3 Å². The third-order valence-corrected chi connectivity index (χ3v) is 14.9. The maximum absolute atomic E-state index is 13.3. The molecule has 0 bridgehead atoms. The standard InChI is InChI=1S/C20H29NO5S.C15H21NO5S.C4H8Br2O.CH4/c1-25-19(22)20(12-6-3-7-13-20)27(23,24)21-14-10-18(11-15-21)26-16-17-8-4-2-5-9-17;1-20-15(17)12-22(18,19)16-9-7-14(8-10-16)21-11-13-5-3-2-4-6-13;5-1-3-7-4-2-6;/h2,4-5,8-9,18H,3,6-7,10-16H2,1H3;2-6,14H,7-12H2,1H3;1-4H2;1H4. The Balaban J connectivity index is 0.000000337. The normalized spacial score (nSPS) is 18.1. The minimum atomic E-state index is -3.75. The first-order valence-corrected chi connectivity index (χ1v) is 24.3. The van der Waals surface area contributed by atoms with Crippen molar-refractivity contribution in [2.45, 2.75) is 95.4 Å². The second-order valence-corrected chi connectivity index (χ2v) is 19.5. The quantitative estimate of drug-likeness (QED) is 0.103. The fraction of sp³-hybridized carbons (Fsp3) is 0.650. The van der Waals surface area contributed by atoms with Gasteiger partial charge in [0.25, 0.3) is 0 Å². The van der Waals surface area contributed by atoms with Gasteiger partial charge >= 0.3 is 11.9 Å². The average Bonchev–Trinajstić information content (AvgIpc) is 3.23. The summed E-state index contributed by atoms with van der Waals surface area (Å²) in [6, 6.07) is 19.8. The molecular weight excluding hydrogens is 908 g/mol. The van der Waals surface area contributed by atoms with Gasteiger partial charge in [0.05, 0.1) is 52.9 Å². The summed E-state index contributed by atoms with van der Waals surface area (Å²) >= 11 is 6.48. The van der Waals surface area contributed by atoms with Gasteiger partial charge in [-0.15, -0.1) is 0 Å². The number of methoxy groups -OCH3 is 2. The van der Waals surface area contributed by atoms with Gasteiger partial charge in [0.2, 0.25) is 20.0 Å². The summed E-state index contributed by atoms with van der Waals surface area (Å²) in [4.78, 5) is 23.6. The topological polar surface area (TPSA) is 155 Å². The first-order chi connectivity index (χ1) is 26.9. The van der Waals surface area contributed by atoms with Gasteiger partial charge in [-0.2, -0.15) is 0 Å². The van der Waals surface area contributed by atoms with Crippen LogP contribution < -0.4 is 0 Å². The Kier molecular flexibility index (Phi) is 24.2. The van der Waals surface area contributed by atoms with Gasteiger partial charge in [-0.05, 0) is 49.7 Å². The van der Waals surface area contributed by atoms with Gasteiger partial charge in [-0.1, -0.05) is 119 Å². The molecule has 324 valence electrons. The number of alkyl halides is 2. The number of sulfonamides is 2. The number of rotatable bonds is 16. The molecule has 2 saturated heterocycles. The summed E-state index contributed by atoms with van der Waals surface area (Å²) in [5.41, 5.74) is 2.21. The molecule has 0 radical (unpaired) electrons. The van der Waals surface area contributed by atoms with Crippen LogP contribution >= 0.6 is 31.9 Å². The molecule has 17 heteroatoms. The van der Waals surface area contributed by atoms with E-state index in [2.05, 4.69) is 36.6 Å². The number of piperidine rings is 2. The minimum Gasteiger partial charge on any atom is -0.468 e. The Morgan fingerprint density at radius 2 is 1.12 bits per heavy atom. The number of halogens is 2. The Bertz CT molecular complexity index is 1630. The van der Waals surface area contributed by atoms with E-state index >= 15 is 0 Å². The monoisotopic (exact) mass is 968 g/mol. The zero-order chi connectivity index (χ0) is 40.9. The first-order valence-electron chi connectivity index (χ1n) is 19.1. The summed E-state index contributed by atoms with van der Waals surface area (Å²) < 4.78 is 78.3. The van der Waals surface area contributed by atoms with Crippen molar-refractivity contribution in [3.05, 3.63) is 71.8 Å². The van der Waals surface area contributed by atoms with Gasteiger partial charge in [-0.3, -0.25) is 9.59 Å². The molecule has 1 saturated carbocycles. The Morgan fingerprint density at radius 3 is 1.53 bits per heavy atom. The lowest BCUT2D eigenvalue weighted by Crippen LogP contribution is -2.56. The molecule has 0 amide bonds. The number of carbonyl (C=O) groups is 2. The smallest absolute Gasteiger partial charge is 0.328 e. The molecular formula is C40H62Br2N2O11S2. The predicted molar refractivity (Wildman–Crippen MR) is 229 cm³/mol. The van der Waals surface area contributed by atoms with E-state index < -0.39 is 42.5 Å². The van der Waals surface area contributed by atoms with Crippen LogP contribution in [0.3, 0.4) is 0 Å². The average molecular weight is 971 g/mol. The van der Waals surface area contributed by atoms with E-state index in [1.807, 2.05) is 60.7 Å². The Hall–Kier alpha value is -1.96. The van der Waals surface area contributed by atoms with Gasteiger partial charge in [0.15, 0.2) is 10.5 Å². The SMILES string of the molecule is BrCCOCCBr.C.COC(=O)C1(S(=O)(=O)N2CCC(OCc3ccccc3)CC2)CCCCC1.COC(=O)CS(=O)(=O)N1CCC(OCc2ccccc2)CC1. The molecule has 57 heavy (non-hydrogen) atoms. The highest BCUT2D eigenvalue weighted by Gasteiger charge is 2.55. The van der Waals surface area contributed by atoms with E-state index in [0.29, 0.717) is 77.9 Å². The molecule has 0 N–H and O–H groups in total. The lowest BCUT2D eigenvalue weighted by atomic mass is 9.88. The summed E-state index contributed by atoms with van der Waals surface area (Å²) in [5, 5.41) is 1.86. The number of benzene rings is 2. The van der Waals surface area contributed by atoms with Crippen molar-refractivity contribution >= 4 is 63.8 Å². The molecule has 0 aromatic heterocycles. The van der Waals surface area contributed by atoms with Gasteiger partial charge < -0.3 is 23.7 Å². The predicted octanol–water partition coefficient (Wildman–Crippen LogP) is 6.47. The summed E-state index contributed by atoms with van der Waals surface area (Å²) in [6.45, 7) is 4.21. The molecule has 2 heterocycles. The summed E-state index contributed by atoms with van der Waals surface area (Å²) in [5.74, 6) is -1.94. The second-order valence-electron chi connectivity index (χ2n) is 13.7. The van der Waals surface area contributed by atoms with Crippen molar-refractivity contribution in [1.82, 2.24) is 8.61 Å². The van der Waals surface area contributed by atoms with Gasteiger partial charge in [-0.25, -0.2) is 25.4 Å². The van der Waals surface area contributed by atoms with E-state index in [1.165, 1.54) is 22.8 Å². The van der Waals surface area contributed by atoms with Gasteiger partial charge in [0.1, 0.15) is 0 Å². The summed E-state index contributed by atoms with van der Waals surface area (Å²) in [7, 11) is -4.87. The molecule has 2 aromatic carbocycles. The molecule has 0 atom stereocenters. The molecule has 1 aliphatic carbocycles. The lowest BCUT2D eigenvalue weighted by Gasteiger charge is -2.40. The van der Waals surface area contributed by atoms with Gasteiger partial charge in [0, 0.05) is 36.8 Å². The molecule has 3 aliphatic rings. The van der Waals surface area contributed by atoms with Crippen molar-refractivity contribution in [3.8, 4) is 0 Å². The van der Waals surface area contributed by atoms with E-state index in [0.717, 1.165) is 54.3 Å². The molecule has 2 aliphatic heterocycles. The van der Waals surface area contributed by atoms with Crippen LogP contribution in [0.25, 0.3) is 0 Å². The number of esters is 2. The Morgan fingerprint density at radius 1 is 0.684 bits per heavy atom. The van der Waals surface area contributed by atoms with E-state index in [1.54, 1.807) is 0 Å². The van der Waals surface area contributed by atoms with Crippen molar-refractivity contribution < 1.29 is 50.1 Å². The fourth-order valence-electron chi connectivity index (χ4n) is 6.73. The third-order valence-electron chi connectivity index (χ3n) is 9.88.